The van der Waals surface area contributed by atoms with Crippen LogP contribution < -0.4 is 10.2 Å². The van der Waals surface area contributed by atoms with Crippen molar-refractivity contribution in [1.29, 1.82) is 0 Å². The standard InChI is InChI=1S/C18H27FN4O/c1-21-10-2-3-16(21)8-9-20-18(24)23-13-11-22(12-14-23)17-6-4-15(19)5-7-17/h4-7,16H,2-3,8-14H2,1H3,(H,20,24)/t16-/m0/s1. The molecule has 0 saturated carbocycles. The summed E-state index contributed by atoms with van der Waals surface area (Å²) in [7, 11) is 2.16. The van der Waals surface area contributed by atoms with E-state index in [4.69, 9.17) is 0 Å². The predicted octanol–water partition coefficient (Wildman–Crippen LogP) is 2.14. The summed E-state index contributed by atoms with van der Waals surface area (Å²) in [5.74, 6) is -0.218. The third-order valence-electron chi connectivity index (χ3n) is 5.18. The Bertz CT molecular complexity index is 542. The molecule has 0 unspecified atom stereocenters. The second-order valence-electron chi connectivity index (χ2n) is 6.75. The third-order valence-corrected chi connectivity index (χ3v) is 5.18. The van der Waals surface area contributed by atoms with E-state index in [1.165, 1.54) is 31.5 Å². The Labute approximate surface area is 143 Å². The highest BCUT2D eigenvalue weighted by Gasteiger charge is 2.23. The van der Waals surface area contributed by atoms with E-state index in [0.717, 1.165) is 31.7 Å². The SMILES string of the molecule is CN1CCC[C@H]1CCNC(=O)N1CCN(c2ccc(F)cc2)CC1. The van der Waals surface area contributed by atoms with Gasteiger partial charge in [-0.3, -0.25) is 0 Å². The van der Waals surface area contributed by atoms with Gasteiger partial charge in [0.25, 0.3) is 0 Å². The minimum atomic E-state index is -0.218. The Hall–Kier alpha value is -1.82. The van der Waals surface area contributed by atoms with E-state index in [-0.39, 0.29) is 11.8 Å². The van der Waals surface area contributed by atoms with Crippen molar-refractivity contribution in [2.75, 3.05) is 51.2 Å². The van der Waals surface area contributed by atoms with Crippen molar-refractivity contribution < 1.29 is 9.18 Å². The highest BCUT2D eigenvalue weighted by atomic mass is 19.1. The minimum absolute atomic E-state index is 0.0365. The first-order chi connectivity index (χ1) is 11.6. The Morgan fingerprint density at radius 1 is 1.17 bits per heavy atom. The number of halogens is 1. The van der Waals surface area contributed by atoms with E-state index >= 15 is 0 Å². The fourth-order valence-electron chi connectivity index (χ4n) is 3.62. The summed E-state index contributed by atoms with van der Waals surface area (Å²) in [6.45, 7) is 4.88. The van der Waals surface area contributed by atoms with Gasteiger partial charge in [-0.25, -0.2) is 9.18 Å². The molecule has 0 bridgehead atoms. The van der Waals surface area contributed by atoms with Gasteiger partial charge in [0.05, 0.1) is 0 Å². The second-order valence-corrected chi connectivity index (χ2v) is 6.75. The van der Waals surface area contributed by atoms with Crippen LogP contribution in [0.15, 0.2) is 24.3 Å². The van der Waals surface area contributed by atoms with Gasteiger partial charge in [-0.05, 0) is 57.1 Å². The van der Waals surface area contributed by atoms with Crippen LogP contribution in [-0.4, -0.2) is 68.2 Å². The van der Waals surface area contributed by atoms with Crippen LogP contribution in [0.3, 0.4) is 0 Å². The van der Waals surface area contributed by atoms with E-state index in [9.17, 15) is 9.18 Å². The Kier molecular flexibility index (Phi) is 5.56. The highest BCUT2D eigenvalue weighted by molar-refractivity contribution is 5.74. The van der Waals surface area contributed by atoms with Crippen LogP contribution in [0.4, 0.5) is 14.9 Å². The van der Waals surface area contributed by atoms with Crippen LogP contribution in [0.1, 0.15) is 19.3 Å². The van der Waals surface area contributed by atoms with Gasteiger partial charge in [-0.15, -0.1) is 0 Å². The Balaban J connectivity index is 1.39. The van der Waals surface area contributed by atoms with E-state index in [1.807, 2.05) is 4.90 Å². The summed E-state index contributed by atoms with van der Waals surface area (Å²) in [5, 5.41) is 3.05. The first-order valence-electron chi connectivity index (χ1n) is 8.87. The predicted molar refractivity (Wildman–Crippen MR) is 93.9 cm³/mol. The number of carbonyl (C=O) groups is 1. The number of amides is 2. The number of benzene rings is 1. The number of carbonyl (C=O) groups excluding carboxylic acids is 1. The molecular formula is C18H27FN4O. The molecule has 2 saturated heterocycles. The molecule has 132 valence electrons. The smallest absolute Gasteiger partial charge is 0.317 e. The third kappa shape index (κ3) is 4.17. The van der Waals surface area contributed by atoms with Crippen LogP contribution in [0.2, 0.25) is 0 Å². The number of nitrogens with one attached hydrogen (secondary N) is 1. The maximum absolute atomic E-state index is 13.0. The van der Waals surface area contributed by atoms with E-state index in [1.54, 1.807) is 12.1 Å². The molecule has 24 heavy (non-hydrogen) atoms. The first-order valence-corrected chi connectivity index (χ1v) is 8.87. The van der Waals surface area contributed by atoms with Crippen molar-refractivity contribution in [3.8, 4) is 0 Å². The van der Waals surface area contributed by atoms with Gasteiger partial charge in [0.1, 0.15) is 5.82 Å². The summed E-state index contributed by atoms with van der Waals surface area (Å²) in [5.41, 5.74) is 1.01. The molecule has 2 heterocycles. The van der Waals surface area contributed by atoms with Gasteiger partial charge >= 0.3 is 6.03 Å². The maximum atomic E-state index is 13.0. The second kappa shape index (κ2) is 7.83. The lowest BCUT2D eigenvalue weighted by atomic mass is 10.1. The number of hydrogen-bond donors (Lipinski definition) is 1. The zero-order valence-electron chi connectivity index (χ0n) is 14.4. The number of hydrogen-bond acceptors (Lipinski definition) is 3. The Morgan fingerprint density at radius 3 is 2.50 bits per heavy atom. The van der Waals surface area contributed by atoms with Crippen LogP contribution in [-0.2, 0) is 0 Å². The van der Waals surface area contributed by atoms with Gasteiger partial charge in [0, 0.05) is 44.5 Å². The molecule has 0 aliphatic carbocycles. The van der Waals surface area contributed by atoms with Crippen molar-refractivity contribution in [3.63, 3.8) is 0 Å². The first kappa shape index (κ1) is 17.0. The minimum Gasteiger partial charge on any atom is -0.368 e. The van der Waals surface area contributed by atoms with Gasteiger partial charge in [0.2, 0.25) is 0 Å². The summed E-state index contributed by atoms with van der Waals surface area (Å²) >= 11 is 0. The fraction of sp³-hybridized carbons (Fsp3) is 0.611. The summed E-state index contributed by atoms with van der Waals surface area (Å²) in [4.78, 5) is 18.7. The van der Waals surface area contributed by atoms with Crippen molar-refractivity contribution in [3.05, 3.63) is 30.1 Å². The largest absolute Gasteiger partial charge is 0.368 e. The maximum Gasteiger partial charge on any atom is 0.317 e. The number of likely N-dealkylation sites (tertiary alicyclic amines) is 1. The molecule has 0 spiro atoms. The molecule has 2 aliphatic rings. The Morgan fingerprint density at radius 2 is 1.88 bits per heavy atom. The van der Waals surface area contributed by atoms with Crippen molar-refractivity contribution in [2.24, 2.45) is 0 Å². The molecule has 6 heteroatoms. The van der Waals surface area contributed by atoms with Gasteiger partial charge in [-0.2, -0.15) is 0 Å². The number of piperazine rings is 1. The lowest BCUT2D eigenvalue weighted by molar-refractivity contribution is 0.192. The summed E-state index contributed by atoms with van der Waals surface area (Å²) < 4.78 is 13.0. The molecule has 2 fully saturated rings. The quantitative estimate of drug-likeness (QED) is 0.917. The molecule has 2 amide bonds. The monoisotopic (exact) mass is 334 g/mol. The van der Waals surface area contributed by atoms with Crippen molar-refractivity contribution in [2.45, 2.75) is 25.3 Å². The lowest BCUT2D eigenvalue weighted by Crippen LogP contribution is -2.52. The van der Waals surface area contributed by atoms with Gasteiger partial charge in [0.15, 0.2) is 0 Å². The molecule has 5 nitrogen and oxygen atoms in total. The van der Waals surface area contributed by atoms with Crippen LogP contribution in [0.5, 0.6) is 0 Å². The number of urea groups is 1. The molecule has 1 N–H and O–H groups in total. The topological polar surface area (TPSA) is 38.8 Å². The molecule has 1 atom stereocenters. The molecule has 3 rings (SSSR count). The molecule has 0 aromatic heterocycles. The number of nitrogens with zero attached hydrogens (tertiary/aromatic N) is 3. The van der Waals surface area contributed by atoms with Crippen LogP contribution in [0, 0.1) is 5.82 Å². The number of rotatable bonds is 4. The van der Waals surface area contributed by atoms with Crippen LogP contribution >= 0.6 is 0 Å². The van der Waals surface area contributed by atoms with Crippen LogP contribution in [0.25, 0.3) is 0 Å². The molecule has 0 radical (unpaired) electrons. The van der Waals surface area contributed by atoms with Gasteiger partial charge < -0.3 is 20.0 Å². The summed E-state index contributed by atoms with van der Waals surface area (Å²) in [6, 6.07) is 7.20. The zero-order chi connectivity index (χ0) is 16.9. The molecule has 2 aliphatic heterocycles. The van der Waals surface area contributed by atoms with E-state index in [0.29, 0.717) is 19.1 Å². The van der Waals surface area contributed by atoms with Crippen molar-refractivity contribution in [1.82, 2.24) is 15.1 Å². The molecule has 1 aromatic carbocycles. The average molecular weight is 334 g/mol. The zero-order valence-corrected chi connectivity index (χ0v) is 14.4. The van der Waals surface area contributed by atoms with Crippen molar-refractivity contribution >= 4 is 11.7 Å². The lowest BCUT2D eigenvalue weighted by Gasteiger charge is -2.36. The average Bonchev–Trinajstić information content (AvgIpc) is 3.01. The van der Waals surface area contributed by atoms with E-state index < -0.39 is 0 Å². The normalized spacial score (nSPS) is 22.0. The molecular weight excluding hydrogens is 307 g/mol. The fourth-order valence-corrected chi connectivity index (χ4v) is 3.62. The number of anilines is 1. The highest BCUT2D eigenvalue weighted by Crippen LogP contribution is 2.18. The van der Waals surface area contributed by atoms with Gasteiger partial charge in [-0.1, -0.05) is 0 Å². The molecule has 1 aromatic rings. The van der Waals surface area contributed by atoms with E-state index in [2.05, 4.69) is 22.2 Å². The summed E-state index contributed by atoms with van der Waals surface area (Å²) in [6.07, 6.45) is 3.53.